The Kier molecular flexibility index (Phi) is 7.17. The number of barbiturate groups is 1. The quantitative estimate of drug-likeness (QED) is 0.365. The van der Waals surface area contributed by atoms with Gasteiger partial charge in [0.05, 0.1) is 12.8 Å². The van der Waals surface area contributed by atoms with Gasteiger partial charge in [0.1, 0.15) is 12.2 Å². The summed E-state index contributed by atoms with van der Waals surface area (Å²) in [4.78, 5) is 39.3. The first kappa shape index (κ1) is 24.0. The van der Waals surface area contributed by atoms with Crippen molar-refractivity contribution in [2.75, 3.05) is 12.0 Å². The molecule has 1 saturated heterocycles. The van der Waals surface area contributed by atoms with E-state index in [0.717, 1.165) is 16.0 Å². The molecule has 0 spiro atoms. The van der Waals surface area contributed by atoms with E-state index in [1.807, 2.05) is 37.3 Å². The van der Waals surface area contributed by atoms with Crippen LogP contribution in [0.2, 0.25) is 5.02 Å². The minimum absolute atomic E-state index is 0.165. The second-order valence-electron chi connectivity index (χ2n) is 7.73. The van der Waals surface area contributed by atoms with Gasteiger partial charge < -0.3 is 9.47 Å². The van der Waals surface area contributed by atoms with E-state index in [9.17, 15) is 14.4 Å². The van der Waals surface area contributed by atoms with Crippen molar-refractivity contribution in [1.82, 2.24) is 5.32 Å². The van der Waals surface area contributed by atoms with Crippen molar-refractivity contribution in [3.05, 3.63) is 94.0 Å². The lowest BCUT2D eigenvalue weighted by atomic mass is 10.0. The van der Waals surface area contributed by atoms with Gasteiger partial charge in [-0.3, -0.25) is 14.9 Å². The molecular weight excluding hydrogens is 468 g/mol. The third-order valence-electron chi connectivity index (χ3n) is 5.55. The molecule has 35 heavy (non-hydrogen) atoms. The van der Waals surface area contributed by atoms with Crippen LogP contribution < -0.4 is 19.7 Å². The van der Waals surface area contributed by atoms with Gasteiger partial charge in [0, 0.05) is 10.6 Å². The van der Waals surface area contributed by atoms with E-state index in [1.165, 1.54) is 13.2 Å². The number of aryl methyl sites for hydroxylation is 1. The minimum atomic E-state index is -0.779. The zero-order chi connectivity index (χ0) is 24.9. The van der Waals surface area contributed by atoms with Crippen LogP contribution in [0.15, 0.2) is 72.3 Å². The molecule has 1 N–H and O–H groups in total. The molecular formula is C27H23ClN2O5. The van der Waals surface area contributed by atoms with Crippen molar-refractivity contribution in [3.8, 4) is 11.5 Å². The molecule has 3 aromatic rings. The summed E-state index contributed by atoms with van der Waals surface area (Å²) in [6.45, 7) is 2.17. The maximum atomic E-state index is 13.2. The third-order valence-corrected chi connectivity index (χ3v) is 5.92. The number of carbonyl (C=O) groups excluding carboxylic acids is 3. The number of anilines is 1. The molecule has 1 fully saturated rings. The molecule has 0 bridgehead atoms. The van der Waals surface area contributed by atoms with Crippen molar-refractivity contribution in [1.29, 1.82) is 0 Å². The van der Waals surface area contributed by atoms with Crippen molar-refractivity contribution in [2.45, 2.75) is 20.0 Å². The first-order valence-corrected chi connectivity index (χ1v) is 11.3. The molecule has 0 aromatic heterocycles. The van der Waals surface area contributed by atoms with E-state index < -0.39 is 17.8 Å². The number of imide groups is 2. The first-order valence-electron chi connectivity index (χ1n) is 11.0. The van der Waals surface area contributed by atoms with Gasteiger partial charge >= 0.3 is 6.03 Å². The fraction of sp³-hybridized carbons (Fsp3) is 0.148. The van der Waals surface area contributed by atoms with Crippen LogP contribution in [-0.4, -0.2) is 25.0 Å². The topological polar surface area (TPSA) is 84.9 Å². The van der Waals surface area contributed by atoms with E-state index in [-0.39, 0.29) is 12.2 Å². The number of urea groups is 1. The van der Waals surface area contributed by atoms with Crippen molar-refractivity contribution >= 4 is 41.2 Å². The number of halogens is 1. The van der Waals surface area contributed by atoms with Crippen molar-refractivity contribution in [2.24, 2.45) is 0 Å². The van der Waals surface area contributed by atoms with Crippen LogP contribution in [0.25, 0.3) is 6.08 Å². The van der Waals surface area contributed by atoms with Crippen molar-refractivity contribution in [3.63, 3.8) is 0 Å². The Labute approximate surface area is 207 Å². The lowest BCUT2D eigenvalue weighted by Gasteiger charge is -2.28. The lowest BCUT2D eigenvalue weighted by Crippen LogP contribution is -2.54. The Hall–Kier alpha value is -4.10. The third kappa shape index (κ3) is 5.05. The molecule has 8 heteroatoms. The summed E-state index contributed by atoms with van der Waals surface area (Å²) in [7, 11) is 1.50. The summed E-state index contributed by atoms with van der Waals surface area (Å²) in [5.74, 6) is -0.567. The summed E-state index contributed by atoms with van der Waals surface area (Å²) in [6, 6.07) is 18.7. The maximum absolute atomic E-state index is 13.2. The lowest BCUT2D eigenvalue weighted by molar-refractivity contribution is -0.122. The number of nitrogens with one attached hydrogen (secondary N) is 1. The van der Waals surface area contributed by atoms with E-state index in [4.69, 9.17) is 21.1 Å². The van der Waals surface area contributed by atoms with E-state index in [2.05, 4.69) is 5.32 Å². The largest absolute Gasteiger partial charge is 0.493 e. The molecule has 3 aromatic carbocycles. The SMILES string of the molecule is CCc1ccccc1N1C(=O)NC(=O)C(=Cc2ccc(OCc3ccccc3Cl)c(OC)c2)C1=O. The van der Waals surface area contributed by atoms with Crippen LogP contribution in [0.4, 0.5) is 10.5 Å². The summed E-state index contributed by atoms with van der Waals surface area (Å²) in [6.07, 6.45) is 2.04. The minimum Gasteiger partial charge on any atom is -0.493 e. The Morgan fingerprint density at radius 3 is 2.37 bits per heavy atom. The van der Waals surface area contributed by atoms with Crippen molar-refractivity contribution < 1.29 is 23.9 Å². The monoisotopic (exact) mass is 490 g/mol. The maximum Gasteiger partial charge on any atom is 0.335 e. The number of hydrogen-bond acceptors (Lipinski definition) is 5. The zero-order valence-electron chi connectivity index (χ0n) is 19.2. The first-order chi connectivity index (χ1) is 16.9. The molecule has 0 aliphatic carbocycles. The highest BCUT2D eigenvalue weighted by molar-refractivity contribution is 6.39. The second-order valence-corrected chi connectivity index (χ2v) is 8.14. The van der Waals surface area contributed by atoms with Gasteiger partial charge in [-0.1, -0.05) is 61.0 Å². The predicted octanol–water partition coefficient (Wildman–Crippen LogP) is 5.16. The Morgan fingerprint density at radius 2 is 1.66 bits per heavy atom. The van der Waals surface area contributed by atoms with Gasteiger partial charge in [-0.15, -0.1) is 0 Å². The smallest absolute Gasteiger partial charge is 0.335 e. The molecule has 1 aliphatic heterocycles. The number of benzene rings is 3. The number of para-hydroxylation sites is 1. The standard InChI is InChI=1S/C27H23ClN2O5/c1-3-18-8-5-7-11-22(18)30-26(32)20(25(31)29-27(30)33)14-17-12-13-23(24(15-17)34-2)35-16-19-9-4-6-10-21(19)28/h4-15H,3,16H2,1-2H3,(H,29,31,33). The Balaban J connectivity index is 1.62. The average molecular weight is 491 g/mol. The number of rotatable bonds is 7. The number of methoxy groups -OCH3 is 1. The van der Waals surface area contributed by atoms with Gasteiger partial charge in [-0.05, 0) is 47.9 Å². The summed E-state index contributed by atoms with van der Waals surface area (Å²) >= 11 is 6.19. The van der Waals surface area contributed by atoms with Crippen LogP contribution in [0.1, 0.15) is 23.6 Å². The number of ether oxygens (including phenoxy) is 2. The average Bonchev–Trinajstić information content (AvgIpc) is 2.86. The molecule has 4 amide bonds. The number of hydrogen-bond donors (Lipinski definition) is 1. The highest BCUT2D eigenvalue weighted by Gasteiger charge is 2.37. The molecule has 0 radical (unpaired) electrons. The number of carbonyl (C=O) groups is 3. The van der Waals surface area contributed by atoms with Crippen LogP contribution >= 0.6 is 11.6 Å². The van der Waals surface area contributed by atoms with Crippen LogP contribution in [0, 0.1) is 0 Å². The van der Waals surface area contributed by atoms with Gasteiger partial charge in [0.25, 0.3) is 11.8 Å². The van der Waals surface area contributed by atoms with Crippen LogP contribution in [0.3, 0.4) is 0 Å². The van der Waals surface area contributed by atoms with Gasteiger partial charge in [-0.25, -0.2) is 9.69 Å². The van der Waals surface area contributed by atoms with Gasteiger partial charge in [-0.2, -0.15) is 0 Å². The molecule has 1 aliphatic rings. The summed E-state index contributed by atoms with van der Waals surface area (Å²) in [5.41, 5.74) is 2.44. The second kappa shape index (κ2) is 10.4. The summed E-state index contributed by atoms with van der Waals surface area (Å²) < 4.78 is 11.3. The highest BCUT2D eigenvalue weighted by Crippen LogP contribution is 2.31. The normalized spacial score (nSPS) is 14.8. The fourth-order valence-corrected chi connectivity index (χ4v) is 3.93. The van der Waals surface area contributed by atoms with E-state index in [1.54, 1.807) is 36.4 Å². The zero-order valence-corrected chi connectivity index (χ0v) is 20.0. The molecule has 1 heterocycles. The molecule has 178 valence electrons. The van der Waals surface area contributed by atoms with E-state index in [0.29, 0.717) is 34.2 Å². The Bertz CT molecular complexity index is 1330. The molecule has 7 nitrogen and oxygen atoms in total. The molecule has 4 rings (SSSR count). The van der Waals surface area contributed by atoms with Crippen LogP contribution in [0.5, 0.6) is 11.5 Å². The molecule has 0 atom stereocenters. The van der Waals surface area contributed by atoms with Gasteiger partial charge in [0.15, 0.2) is 11.5 Å². The van der Waals surface area contributed by atoms with E-state index >= 15 is 0 Å². The number of nitrogens with zero attached hydrogens (tertiary/aromatic N) is 1. The highest BCUT2D eigenvalue weighted by atomic mass is 35.5. The van der Waals surface area contributed by atoms with Gasteiger partial charge in [0.2, 0.25) is 0 Å². The molecule has 0 unspecified atom stereocenters. The number of amides is 4. The predicted molar refractivity (Wildman–Crippen MR) is 134 cm³/mol. The van der Waals surface area contributed by atoms with Crippen LogP contribution in [-0.2, 0) is 22.6 Å². The molecule has 0 saturated carbocycles. The fourth-order valence-electron chi connectivity index (χ4n) is 3.74. The summed E-state index contributed by atoms with van der Waals surface area (Å²) in [5, 5.41) is 2.85. The Morgan fingerprint density at radius 1 is 0.943 bits per heavy atom.